The van der Waals surface area contributed by atoms with Crippen LogP contribution in [0.15, 0.2) is 18.2 Å². The number of hydrogen-bond acceptors (Lipinski definition) is 3. The second-order valence-electron chi connectivity index (χ2n) is 4.42. The van der Waals surface area contributed by atoms with E-state index in [4.69, 9.17) is 11.6 Å². The number of hydrogen-bond donors (Lipinski definition) is 1. The van der Waals surface area contributed by atoms with Crippen LogP contribution >= 0.6 is 11.6 Å². The Morgan fingerprint density at radius 2 is 2.06 bits per heavy atom. The van der Waals surface area contributed by atoms with Gasteiger partial charge >= 0.3 is 0 Å². The summed E-state index contributed by atoms with van der Waals surface area (Å²) in [5.41, 5.74) is 1.70. The maximum absolute atomic E-state index is 11.3. The monoisotopic (exact) mass is 290 g/mol. The zero-order chi connectivity index (χ0) is 13.8. The van der Waals surface area contributed by atoms with Crippen molar-refractivity contribution in [2.24, 2.45) is 0 Å². The normalized spacial score (nSPS) is 13.6. The summed E-state index contributed by atoms with van der Waals surface area (Å²) in [6.07, 6.45) is 0.147. The van der Waals surface area contributed by atoms with E-state index in [9.17, 15) is 13.5 Å². The second-order valence-corrected chi connectivity index (χ2v) is 7.30. The highest BCUT2D eigenvalue weighted by Crippen LogP contribution is 2.27. The molecule has 0 radical (unpaired) electrons. The lowest BCUT2D eigenvalue weighted by atomic mass is 10.0. The van der Waals surface area contributed by atoms with Gasteiger partial charge in [0.15, 0.2) is 0 Å². The first kappa shape index (κ1) is 15.5. The number of rotatable bonds is 6. The SMILES string of the molecule is CCS(=O)(=O)CCCC(O)c1ccc(C)cc1Cl. The van der Waals surface area contributed by atoms with E-state index in [1.54, 1.807) is 19.1 Å². The average Bonchev–Trinajstić information content (AvgIpc) is 2.28. The van der Waals surface area contributed by atoms with Crippen molar-refractivity contribution < 1.29 is 13.5 Å². The topological polar surface area (TPSA) is 54.4 Å². The van der Waals surface area contributed by atoms with Crippen molar-refractivity contribution in [3.63, 3.8) is 0 Å². The largest absolute Gasteiger partial charge is 0.388 e. The number of sulfone groups is 1. The van der Waals surface area contributed by atoms with Crippen molar-refractivity contribution in [3.8, 4) is 0 Å². The predicted octanol–water partition coefficient (Wildman–Crippen LogP) is 2.90. The zero-order valence-electron chi connectivity index (χ0n) is 10.7. The van der Waals surface area contributed by atoms with Crippen LogP contribution < -0.4 is 0 Å². The van der Waals surface area contributed by atoms with Crippen LogP contribution in [0.3, 0.4) is 0 Å². The highest BCUT2D eigenvalue weighted by atomic mass is 35.5. The molecule has 0 bridgehead atoms. The lowest BCUT2D eigenvalue weighted by Gasteiger charge is -2.13. The molecule has 0 saturated carbocycles. The molecule has 0 spiro atoms. The molecule has 1 rings (SSSR count). The first-order valence-electron chi connectivity index (χ1n) is 6.00. The number of aryl methyl sites for hydroxylation is 1. The van der Waals surface area contributed by atoms with E-state index in [2.05, 4.69) is 0 Å². The molecule has 0 aromatic heterocycles. The third-order valence-corrected chi connectivity index (χ3v) is 5.01. The van der Waals surface area contributed by atoms with Crippen LogP contribution in [-0.4, -0.2) is 25.0 Å². The van der Waals surface area contributed by atoms with Crippen LogP contribution in [0.5, 0.6) is 0 Å². The molecule has 0 aliphatic heterocycles. The summed E-state index contributed by atoms with van der Waals surface area (Å²) in [4.78, 5) is 0. The summed E-state index contributed by atoms with van der Waals surface area (Å²) in [6, 6.07) is 5.47. The fourth-order valence-corrected chi connectivity index (χ4v) is 2.96. The minimum absolute atomic E-state index is 0.115. The van der Waals surface area contributed by atoms with Gasteiger partial charge in [0.25, 0.3) is 0 Å². The third-order valence-electron chi connectivity index (χ3n) is 2.89. The van der Waals surface area contributed by atoms with Crippen molar-refractivity contribution in [1.82, 2.24) is 0 Å². The van der Waals surface area contributed by atoms with Crippen LogP contribution in [0.25, 0.3) is 0 Å². The molecule has 0 fully saturated rings. The van der Waals surface area contributed by atoms with Crippen molar-refractivity contribution in [1.29, 1.82) is 0 Å². The van der Waals surface area contributed by atoms with Gasteiger partial charge in [-0.25, -0.2) is 8.42 Å². The highest BCUT2D eigenvalue weighted by Gasteiger charge is 2.13. The summed E-state index contributed by atoms with van der Waals surface area (Å²) < 4.78 is 22.6. The smallest absolute Gasteiger partial charge is 0.150 e. The van der Waals surface area contributed by atoms with Crippen LogP contribution in [0.4, 0.5) is 0 Å². The first-order valence-corrected chi connectivity index (χ1v) is 8.20. The molecule has 3 nitrogen and oxygen atoms in total. The molecule has 1 unspecified atom stereocenters. The van der Waals surface area contributed by atoms with Gasteiger partial charge in [-0.05, 0) is 37.0 Å². The van der Waals surface area contributed by atoms with Crippen molar-refractivity contribution in [2.45, 2.75) is 32.8 Å². The van der Waals surface area contributed by atoms with Gasteiger partial charge in [0, 0.05) is 10.8 Å². The van der Waals surface area contributed by atoms with Crippen molar-refractivity contribution in [3.05, 3.63) is 34.3 Å². The molecule has 0 aliphatic rings. The highest BCUT2D eigenvalue weighted by molar-refractivity contribution is 7.91. The number of benzene rings is 1. The van der Waals surface area contributed by atoms with E-state index in [1.807, 2.05) is 13.0 Å². The summed E-state index contributed by atoms with van der Waals surface area (Å²) in [7, 11) is -2.96. The van der Waals surface area contributed by atoms with Crippen LogP contribution in [0, 0.1) is 6.92 Å². The Morgan fingerprint density at radius 1 is 1.39 bits per heavy atom. The second kappa shape index (κ2) is 6.55. The molecule has 1 atom stereocenters. The molecule has 1 aromatic carbocycles. The Morgan fingerprint density at radius 3 is 2.61 bits per heavy atom. The number of aliphatic hydroxyl groups is 1. The molecule has 1 N–H and O–H groups in total. The minimum Gasteiger partial charge on any atom is -0.388 e. The number of aliphatic hydroxyl groups excluding tert-OH is 1. The zero-order valence-corrected chi connectivity index (χ0v) is 12.3. The van der Waals surface area contributed by atoms with E-state index in [0.717, 1.165) is 5.56 Å². The van der Waals surface area contributed by atoms with Gasteiger partial charge in [0.2, 0.25) is 0 Å². The summed E-state index contributed by atoms with van der Waals surface area (Å²) in [5.74, 6) is 0.262. The van der Waals surface area contributed by atoms with E-state index < -0.39 is 15.9 Å². The summed E-state index contributed by atoms with van der Waals surface area (Å²) >= 11 is 6.04. The number of halogens is 1. The van der Waals surface area contributed by atoms with Gasteiger partial charge in [-0.15, -0.1) is 0 Å². The van der Waals surface area contributed by atoms with Gasteiger partial charge in [-0.2, -0.15) is 0 Å². The Bertz CT molecular complexity index is 497. The first-order chi connectivity index (χ1) is 8.35. The fraction of sp³-hybridized carbons (Fsp3) is 0.538. The predicted molar refractivity (Wildman–Crippen MR) is 74.7 cm³/mol. The van der Waals surface area contributed by atoms with Crippen molar-refractivity contribution >= 4 is 21.4 Å². The van der Waals surface area contributed by atoms with Crippen molar-refractivity contribution in [2.75, 3.05) is 11.5 Å². The maximum atomic E-state index is 11.3. The Labute approximate surface area is 114 Å². The third kappa shape index (κ3) is 4.59. The molecule has 5 heteroatoms. The maximum Gasteiger partial charge on any atom is 0.150 e. The molecule has 0 amide bonds. The van der Waals surface area contributed by atoms with Gasteiger partial charge in [-0.3, -0.25) is 0 Å². The van der Waals surface area contributed by atoms with Gasteiger partial charge < -0.3 is 5.11 Å². The van der Waals surface area contributed by atoms with Crippen LogP contribution in [0.2, 0.25) is 5.02 Å². The quantitative estimate of drug-likeness (QED) is 0.876. The fourth-order valence-electron chi connectivity index (χ4n) is 1.70. The molecule has 0 heterocycles. The Hall–Kier alpha value is -0.580. The standard InChI is InChI=1S/C13H19ClO3S/c1-3-18(16,17)8-4-5-13(15)11-7-6-10(2)9-12(11)14/h6-7,9,13,15H,3-5,8H2,1-2H3. The van der Waals surface area contributed by atoms with Crippen LogP contribution in [-0.2, 0) is 9.84 Å². The molecule has 0 aliphatic carbocycles. The molecule has 18 heavy (non-hydrogen) atoms. The summed E-state index contributed by atoms with van der Waals surface area (Å²) in [5, 5.41) is 10.5. The Kier molecular flexibility index (Phi) is 5.63. The molecule has 0 saturated heterocycles. The van der Waals surface area contributed by atoms with Gasteiger partial charge in [0.05, 0.1) is 11.9 Å². The average molecular weight is 291 g/mol. The lowest BCUT2D eigenvalue weighted by molar-refractivity contribution is 0.167. The van der Waals surface area contributed by atoms with Gasteiger partial charge in [0.1, 0.15) is 9.84 Å². The van der Waals surface area contributed by atoms with E-state index >= 15 is 0 Å². The van der Waals surface area contributed by atoms with Crippen LogP contribution in [0.1, 0.15) is 37.0 Å². The Balaban J connectivity index is 2.58. The van der Waals surface area contributed by atoms with E-state index in [-0.39, 0.29) is 11.5 Å². The molecular weight excluding hydrogens is 272 g/mol. The van der Waals surface area contributed by atoms with E-state index in [1.165, 1.54) is 0 Å². The lowest BCUT2D eigenvalue weighted by Crippen LogP contribution is -2.10. The minimum atomic E-state index is -2.96. The molecule has 102 valence electrons. The molecule has 1 aromatic rings. The molecular formula is C13H19ClO3S. The summed E-state index contributed by atoms with van der Waals surface area (Å²) in [6.45, 7) is 3.55. The van der Waals surface area contributed by atoms with Gasteiger partial charge in [-0.1, -0.05) is 30.7 Å². The van der Waals surface area contributed by atoms with E-state index in [0.29, 0.717) is 23.4 Å².